The van der Waals surface area contributed by atoms with Crippen molar-refractivity contribution < 1.29 is 21.1 Å². The van der Waals surface area contributed by atoms with E-state index in [9.17, 15) is 0 Å². The molecular formula is C53H35N3Pt. The number of para-hydroxylation sites is 1. The predicted molar refractivity (Wildman–Crippen MR) is 231 cm³/mol. The Morgan fingerprint density at radius 2 is 0.912 bits per heavy atom. The van der Waals surface area contributed by atoms with Gasteiger partial charge in [-0.05, 0) is 115 Å². The third kappa shape index (κ3) is 6.71. The molecule has 0 spiro atoms. The molecule has 272 valence electrons. The standard InChI is InChI=1S/C53H35N3.Pt/c1-36-35-55-53(39-16-14-20-42(32-39)56(40-17-3-2-4-18-40)41-19-13-15-38(31-41)52-27-11-12-30-54-52)34-50(36)37-28-29-49-47-25-8-7-23-45(47)43-21-5-6-22-44(43)46-24-9-10-26-48(46)51(49)33-37;/h2-30,33-35H,1H3;/q-2;+2. The summed E-state index contributed by atoms with van der Waals surface area (Å²) in [6, 6.07) is 71.6. The number of pyridine rings is 2. The zero-order chi connectivity index (χ0) is 37.4. The molecule has 0 amide bonds. The van der Waals surface area contributed by atoms with Crippen molar-refractivity contribution in [2.45, 2.75) is 6.92 Å². The van der Waals surface area contributed by atoms with Gasteiger partial charge in [0.15, 0.2) is 0 Å². The molecule has 0 bridgehead atoms. The molecule has 0 unspecified atom stereocenters. The number of anilines is 3. The number of aryl methyl sites for hydroxylation is 1. The Kier molecular flexibility index (Phi) is 9.76. The van der Waals surface area contributed by atoms with Crippen molar-refractivity contribution in [2.24, 2.45) is 0 Å². The van der Waals surface area contributed by atoms with E-state index < -0.39 is 0 Å². The minimum Gasteiger partial charge on any atom is -0.346 e. The monoisotopic (exact) mass is 908 g/mol. The third-order valence-corrected chi connectivity index (χ3v) is 10.6. The Morgan fingerprint density at radius 1 is 0.404 bits per heavy atom. The van der Waals surface area contributed by atoms with Crippen molar-refractivity contribution in [3.63, 3.8) is 0 Å². The summed E-state index contributed by atoms with van der Waals surface area (Å²) in [5, 5.41) is 0. The smallest absolute Gasteiger partial charge is 0.346 e. The summed E-state index contributed by atoms with van der Waals surface area (Å²) in [6.07, 6.45) is 3.80. The van der Waals surface area contributed by atoms with Crippen LogP contribution in [0.15, 0.2) is 194 Å². The molecule has 0 N–H and O–H groups in total. The topological polar surface area (TPSA) is 29.0 Å². The molecule has 0 saturated heterocycles. The van der Waals surface area contributed by atoms with Crippen LogP contribution in [-0.2, 0) is 21.1 Å². The fourth-order valence-corrected chi connectivity index (χ4v) is 7.99. The summed E-state index contributed by atoms with van der Waals surface area (Å²) in [6.45, 7) is 2.14. The van der Waals surface area contributed by atoms with Crippen LogP contribution in [0.1, 0.15) is 5.56 Å². The summed E-state index contributed by atoms with van der Waals surface area (Å²) >= 11 is 0. The van der Waals surface area contributed by atoms with Crippen LogP contribution in [0.5, 0.6) is 0 Å². The van der Waals surface area contributed by atoms with Gasteiger partial charge in [-0.2, -0.15) is 0 Å². The van der Waals surface area contributed by atoms with Crippen LogP contribution in [0.2, 0.25) is 0 Å². The predicted octanol–water partition coefficient (Wildman–Crippen LogP) is 13.8. The molecule has 1 aliphatic carbocycles. The Bertz CT molecular complexity index is 2880. The maximum absolute atomic E-state index is 4.97. The second-order valence-corrected chi connectivity index (χ2v) is 14.1. The molecule has 2 aromatic heterocycles. The molecule has 1 aliphatic rings. The third-order valence-electron chi connectivity index (χ3n) is 10.6. The zero-order valence-corrected chi connectivity index (χ0v) is 33.4. The van der Waals surface area contributed by atoms with E-state index >= 15 is 0 Å². The van der Waals surface area contributed by atoms with E-state index in [2.05, 4.69) is 181 Å². The molecule has 4 heteroatoms. The summed E-state index contributed by atoms with van der Waals surface area (Å²) in [7, 11) is 0. The second kappa shape index (κ2) is 15.5. The van der Waals surface area contributed by atoms with E-state index in [1.165, 1.54) is 44.5 Å². The largest absolute Gasteiger partial charge is 2.00 e. The van der Waals surface area contributed by atoms with Crippen molar-refractivity contribution in [3.05, 3.63) is 212 Å². The molecule has 0 fully saturated rings. The minimum absolute atomic E-state index is 0. The first-order valence-corrected chi connectivity index (χ1v) is 18.9. The van der Waals surface area contributed by atoms with Gasteiger partial charge in [-0.25, -0.2) is 0 Å². The molecule has 7 aromatic carbocycles. The number of aromatic nitrogens is 2. The number of benzene rings is 7. The fraction of sp³-hybridized carbons (Fsp3) is 0.0189. The van der Waals surface area contributed by atoms with E-state index in [1.807, 2.05) is 42.7 Å². The van der Waals surface area contributed by atoms with Gasteiger partial charge < -0.3 is 14.9 Å². The molecular weight excluding hydrogens is 874 g/mol. The molecule has 2 heterocycles. The van der Waals surface area contributed by atoms with Gasteiger partial charge in [0.1, 0.15) is 0 Å². The van der Waals surface area contributed by atoms with Gasteiger partial charge in [0.2, 0.25) is 0 Å². The molecule has 3 nitrogen and oxygen atoms in total. The quantitative estimate of drug-likeness (QED) is 0.156. The second-order valence-electron chi connectivity index (χ2n) is 14.1. The number of nitrogens with zero attached hydrogens (tertiary/aromatic N) is 3. The van der Waals surface area contributed by atoms with Crippen LogP contribution >= 0.6 is 0 Å². The maximum atomic E-state index is 4.97. The van der Waals surface area contributed by atoms with Gasteiger partial charge in [0.05, 0.1) is 0 Å². The van der Waals surface area contributed by atoms with E-state index in [0.29, 0.717) is 0 Å². The van der Waals surface area contributed by atoms with Crippen molar-refractivity contribution in [3.8, 4) is 78.1 Å². The first kappa shape index (κ1) is 36.0. The fourth-order valence-electron chi connectivity index (χ4n) is 7.99. The number of hydrogen-bond donors (Lipinski definition) is 0. The molecule has 0 radical (unpaired) electrons. The Balaban J connectivity index is 0.00000422. The van der Waals surface area contributed by atoms with Crippen LogP contribution in [0.25, 0.3) is 78.1 Å². The number of rotatable bonds is 6. The summed E-state index contributed by atoms with van der Waals surface area (Å²) < 4.78 is 0. The van der Waals surface area contributed by atoms with Crippen LogP contribution in [0.3, 0.4) is 0 Å². The Morgan fingerprint density at radius 3 is 1.47 bits per heavy atom. The molecule has 10 rings (SSSR count). The molecule has 0 saturated carbocycles. The average molecular weight is 909 g/mol. The van der Waals surface area contributed by atoms with E-state index in [1.54, 1.807) is 0 Å². The number of fused-ring (bicyclic) bond motifs is 8. The van der Waals surface area contributed by atoms with Gasteiger partial charge >= 0.3 is 21.1 Å². The van der Waals surface area contributed by atoms with E-state index in [4.69, 9.17) is 4.98 Å². The molecule has 9 aromatic rings. The van der Waals surface area contributed by atoms with Crippen molar-refractivity contribution in [1.29, 1.82) is 0 Å². The molecule has 0 aliphatic heterocycles. The summed E-state index contributed by atoms with van der Waals surface area (Å²) in [5.41, 5.74) is 19.7. The van der Waals surface area contributed by atoms with Crippen LogP contribution in [0, 0.1) is 19.1 Å². The van der Waals surface area contributed by atoms with Crippen molar-refractivity contribution >= 4 is 17.1 Å². The van der Waals surface area contributed by atoms with Crippen LogP contribution < -0.4 is 4.90 Å². The van der Waals surface area contributed by atoms with Gasteiger partial charge in [-0.3, -0.25) is 0 Å². The Labute approximate surface area is 348 Å². The minimum atomic E-state index is 0. The zero-order valence-electron chi connectivity index (χ0n) is 31.1. The average Bonchev–Trinajstić information content (AvgIpc) is 3.27. The van der Waals surface area contributed by atoms with E-state index in [-0.39, 0.29) is 21.1 Å². The summed E-state index contributed by atoms with van der Waals surface area (Å²) in [5.74, 6) is 0. The maximum Gasteiger partial charge on any atom is 2.00 e. The molecule has 0 atom stereocenters. The SMILES string of the molecule is Cc1cnc(-c2[c-]c(N(c3[c-]c(-c4ccccn4)ccc3)c3ccccc3)ccc2)cc1-c1ccc2c(c1)-c1ccccc1-c1ccccc1-c1ccccc1-2.[Pt+2]. The first-order valence-electron chi connectivity index (χ1n) is 18.9. The number of hydrogen-bond acceptors (Lipinski definition) is 3. The normalized spacial score (nSPS) is 11.1. The van der Waals surface area contributed by atoms with Crippen LogP contribution in [-0.4, -0.2) is 9.97 Å². The van der Waals surface area contributed by atoms with Gasteiger partial charge in [0, 0.05) is 18.1 Å². The Hall–Kier alpha value is -6.67. The first-order chi connectivity index (χ1) is 27.7. The molecule has 57 heavy (non-hydrogen) atoms. The van der Waals surface area contributed by atoms with Gasteiger partial charge in [-0.15, -0.1) is 59.7 Å². The van der Waals surface area contributed by atoms with Crippen LogP contribution in [0.4, 0.5) is 17.1 Å². The van der Waals surface area contributed by atoms with Crippen molar-refractivity contribution in [1.82, 2.24) is 9.97 Å². The van der Waals surface area contributed by atoms with E-state index in [0.717, 1.165) is 56.3 Å². The summed E-state index contributed by atoms with van der Waals surface area (Å²) in [4.78, 5) is 11.7. The van der Waals surface area contributed by atoms with Crippen molar-refractivity contribution in [2.75, 3.05) is 4.90 Å². The van der Waals surface area contributed by atoms with Gasteiger partial charge in [-0.1, -0.05) is 121 Å². The van der Waals surface area contributed by atoms with Gasteiger partial charge in [0.25, 0.3) is 0 Å².